The molecule has 0 atom stereocenters. The largest absolute Gasteiger partial charge is 0.309 e. The van der Waals surface area contributed by atoms with Crippen LogP contribution in [0.2, 0.25) is 0 Å². The van der Waals surface area contributed by atoms with Gasteiger partial charge in [-0.25, -0.2) is 19.9 Å². The summed E-state index contributed by atoms with van der Waals surface area (Å²) in [7, 11) is 0. The quantitative estimate of drug-likeness (QED) is 0.122. The molecule has 7 heterocycles. The summed E-state index contributed by atoms with van der Waals surface area (Å²) in [4.78, 5) is 24.7. The number of aromatic nitrogens is 9. The third-order valence-corrected chi connectivity index (χ3v) is 22.9. The van der Waals surface area contributed by atoms with Gasteiger partial charge < -0.3 is 22.8 Å². The molecule has 23 aromatic rings. The van der Waals surface area contributed by atoms with Gasteiger partial charge in [0.2, 0.25) is 0 Å². The van der Waals surface area contributed by atoms with Crippen LogP contribution in [-0.2, 0) is 0 Å². The molecule has 0 aliphatic rings. The van der Waals surface area contributed by atoms with Crippen molar-refractivity contribution in [2.75, 3.05) is 0 Å². The second-order valence-corrected chi connectivity index (χ2v) is 29.1. The minimum absolute atomic E-state index is 0.491. The molecule has 0 fully saturated rings. The smallest absolute Gasteiger partial charge is 0.164 e. The molecule has 526 valence electrons. The summed E-state index contributed by atoms with van der Waals surface area (Å²) >= 11 is 0. The molecule has 113 heavy (non-hydrogen) atoms. The lowest BCUT2D eigenvalue weighted by Crippen LogP contribution is -2.17. The van der Waals surface area contributed by atoms with Crippen LogP contribution in [0.4, 0.5) is 0 Å². The van der Waals surface area contributed by atoms with Crippen LogP contribution in [0.5, 0.6) is 0 Å². The van der Waals surface area contributed by atoms with Gasteiger partial charge in [-0.3, -0.25) is 0 Å². The minimum Gasteiger partial charge on any atom is -0.309 e. The molecule has 9 nitrogen and oxygen atoms in total. The Balaban J connectivity index is 0.997. The van der Waals surface area contributed by atoms with E-state index in [1.165, 1.54) is 10.8 Å². The van der Waals surface area contributed by atoms with Crippen LogP contribution >= 0.6 is 0 Å². The first kappa shape index (κ1) is 63.7. The SMILES string of the molecule is c1ccc(-c2cc(-c3ccccc3)nc(-c3c(-n4c5ccccc5c5ccccc54)c(-c4nc(-c5ccccc5)cc(-c5ccccc5)n4)c(-n4c5ccccc5c5ccccc54)c(-n4c5ccccc5c5cc(-c6ccc7c(c6)c6ccccc6n7-c6ccccc6)ccc54)c3-n3c4ccccc4c4ccccc43)n2)cc1. The van der Waals surface area contributed by atoms with Crippen molar-refractivity contribution < 1.29 is 0 Å². The Morgan fingerprint density at radius 1 is 0.150 bits per heavy atom. The van der Waals surface area contributed by atoms with E-state index in [1.54, 1.807) is 0 Å². The molecular formula is C104H65N9. The first-order chi connectivity index (χ1) is 56.1. The highest BCUT2D eigenvalue weighted by Crippen LogP contribution is 2.55. The van der Waals surface area contributed by atoms with Gasteiger partial charge in [-0.1, -0.05) is 297 Å². The van der Waals surface area contributed by atoms with Crippen molar-refractivity contribution >= 4 is 109 Å². The van der Waals surface area contributed by atoms with E-state index in [0.717, 1.165) is 194 Å². The van der Waals surface area contributed by atoms with Gasteiger partial charge in [0.15, 0.2) is 11.6 Å². The Morgan fingerprint density at radius 2 is 0.372 bits per heavy atom. The van der Waals surface area contributed by atoms with E-state index in [4.69, 9.17) is 19.9 Å². The van der Waals surface area contributed by atoms with Gasteiger partial charge in [0.25, 0.3) is 0 Å². The molecule has 0 unspecified atom stereocenters. The van der Waals surface area contributed by atoms with Crippen LogP contribution in [0.25, 0.3) is 216 Å². The predicted molar refractivity (Wildman–Crippen MR) is 467 cm³/mol. The summed E-state index contributed by atoms with van der Waals surface area (Å²) in [5, 5.41) is 11.0. The van der Waals surface area contributed by atoms with E-state index in [1.807, 2.05) is 0 Å². The maximum absolute atomic E-state index is 6.17. The lowest BCUT2D eigenvalue weighted by molar-refractivity contribution is 1.02. The van der Waals surface area contributed by atoms with Crippen LogP contribution in [0.1, 0.15) is 0 Å². The normalized spacial score (nSPS) is 11.9. The van der Waals surface area contributed by atoms with E-state index < -0.39 is 0 Å². The van der Waals surface area contributed by atoms with Crippen LogP contribution in [0, 0.1) is 0 Å². The highest BCUT2D eigenvalue weighted by molar-refractivity contribution is 6.19. The van der Waals surface area contributed by atoms with E-state index in [-0.39, 0.29) is 0 Å². The maximum atomic E-state index is 6.17. The highest BCUT2D eigenvalue weighted by atomic mass is 15.1. The molecule has 7 aromatic heterocycles. The molecule has 0 aliphatic carbocycles. The Labute approximate surface area is 649 Å². The third-order valence-electron chi connectivity index (χ3n) is 22.9. The van der Waals surface area contributed by atoms with E-state index in [2.05, 4.69) is 417 Å². The highest BCUT2D eigenvalue weighted by Gasteiger charge is 2.38. The average Bonchev–Trinajstić information content (AvgIpc) is 1.55. The first-order valence-corrected chi connectivity index (χ1v) is 38.4. The number of para-hydroxylation sites is 9. The molecular weight excluding hydrogens is 1380 g/mol. The number of hydrogen-bond donors (Lipinski definition) is 0. The van der Waals surface area contributed by atoms with Gasteiger partial charge in [-0.05, 0) is 108 Å². The van der Waals surface area contributed by atoms with Crippen molar-refractivity contribution in [3.05, 3.63) is 394 Å². The van der Waals surface area contributed by atoms with Crippen LogP contribution in [-0.4, -0.2) is 42.8 Å². The number of nitrogens with zero attached hydrogens (tertiary/aromatic N) is 9. The third kappa shape index (κ3) is 9.98. The summed E-state index contributed by atoms with van der Waals surface area (Å²) in [6.45, 7) is 0. The zero-order chi connectivity index (χ0) is 74.2. The monoisotopic (exact) mass is 1440 g/mol. The Bertz CT molecular complexity index is 7240. The Morgan fingerprint density at radius 3 is 0.673 bits per heavy atom. The lowest BCUT2D eigenvalue weighted by atomic mass is 9.95. The van der Waals surface area contributed by atoms with Gasteiger partial charge in [-0.15, -0.1) is 0 Å². The maximum Gasteiger partial charge on any atom is 0.164 e. The number of rotatable bonds is 12. The number of hydrogen-bond acceptors (Lipinski definition) is 4. The molecule has 0 radical (unpaired) electrons. The molecule has 0 bridgehead atoms. The first-order valence-electron chi connectivity index (χ1n) is 38.4. The van der Waals surface area contributed by atoms with E-state index >= 15 is 0 Å². The van der Waals surface area contributed by atoms with Gasteiger partial charge in [0.1, 0.15) is 0 Å². The van der Waals surface area contributed by atoms with Crippen molar-refractivity contribution in [2.24, 2.45) is 0 Å². The summed E-state index contributed by atoms with van der Waals surface area (Å²) in [6, 6.07) is 143. The van der Waals surface area contributed by atoms with Crippen molar-refractivity contribution in [2.45, 2.75) is 0 Å². The van der Waals surface area contributed by atoms with E-state index in [0.29, 0.717) is 11.6 Å². The van der Waals surface area contributed by atoms with Crippen molar-refractivity contribution in [1.82, 2.24) is 42.8 Å². The molecule has 0 saturated carbocycles. The Hall–Kier alpha value is -15.3. The van der Waals surface area contributed by atoms with Gasteiger partial charge in [0, 0.05) is 81.8 Å². The lowest BCUT2D eigenvalue weighted by Gasteiger charge is -2.30. The topological polar surface area (TPSA) is 76.2 Å². The molecule has 0 saturated heterocycles. The second-order valence-electron chi connectivity index (χ2n) is 29.1. The van der Waals surface area contributed by atoms with Gasteiger partial charge in [0.05, 0.1) is 112 Å². The standard InChI is InChI=1S/C104H65N9/c1-6-32-66(33-7-1)83-64-84(67-34-8-2-9-35-67)106-103(105-83)97-99(110-88-51-25-16-42-73(88)74-43-17-26-52-89(74)110)98(104-107-85(68-36-10-3-11-37-68)65-86(108-104)69-38-12-4-13-39-69)101(112-92-55-29-20-46-77(92)78-47-21-30-56-93(78)112)102(100(97)111-90-53-27-18-44-75(90)76-45-19-28-54-91(76)111)113-94-57-31-23-49-80(94)82-63-71(59-61-96(82)113)70-58-60-95-81(62-70)79-48-22-24-50-87(79)109(95)72-40-14-5-15-41-72/h1-65H. The summed E-state index contributed by atoms with van der Waals surface area (Å²) in [6.07, 6.45) is 0. The molecule has 9 heteroatoms. The number of benzene rings is 16. The van der Waals surface area contributed by atoms with Crippen LogP contribution in [0.15, 0.2) is 394 Å². The molecule has 0 amide bonds. The fourth-order valence-corrected chi connectivity index (χ4v) is 18.0. The average molecular weight is 1440 g/mol. The van der Waals surface area contributed by atoms with Crippen molar-refractivity contribution in [3.63, 3.8) is 0 Å². The fourth-order valence-electron chi connectivity index (χ4n) is 18.0. The van der Waals surface area contributed by atoms with E-state index in [9.17, 15) is 0 Å². The zero-order valence-corrected chi connectivity index (χ0v) is 61.1. The zero-order valence-electron chi connectivity index (χ0n) is 61.1. The molecule has 0 aliphatic heterocycles. The summed E-state index contributed by atoms with van der Waals surface area (Å²) in [5.74, 6) is 0.981. The fraction of sp³-hybridized carbons (Fsp3) is 0. The molecule has 16 aromatic carbocycles. The summed E-state index contributed by atoms with van der Waals surface area (Å²) < 4.78 is 12.6. The molecule has 0 N–H and O–H groups in total. The van der Waals surface area contributed by atoms with Crippen molar-refractivity contribution in [3.8, 4) is 107 Å². The number of fused-ring (bicyclic) bond motifs is 15. The second kappa shape index (κ2) is 25.7. The molecule has 23 rings (SSSR count). The Kier molecular flexibility index (Phi) is 14.5. The van der Waals surface area contributed by atoms with Crippen LogP contribution < -0.4 is 0 Å². The van der Waals surface area contributed by atoms with Gasteiger partial charge >= 0.3 is 0 Å². The van der Waals surface area contributed by atoms with Gasteiger partial charge in [-0.2, -0.15) is 0 Å². The van der Waals surface area contributed by atoms with Crippen molar-refractivity contribution in [1.29, 1.82) is 0 Å². The van der Waals surface area contributed by atoms with Crippen LogP contribution in [0.3, 0.4) is 0 Å². The minimum atomic E-state index is 0.491. The predicted octanol–water partition coefficient (Wildman–Crippen LogP) is 26.4. The summed E-state index contributed by atoms with van der Waals surface area (Å²) in [5.41, 5.74) is 25.1. The molecule has 0 spiro atoms.